The Labute approximate surface area is 164 Å². The zero-order chi connectivity index (χ0) is 20.6. The number of carbonyl (C=O) groups is 2. The fourth-order valence-electron chi connectivity index (χ4n) is 2.27. The summed E-state index contributed by atoms with van der Waals surface area (Å²) in [6.45, 7) is 5.54. The molecule has 0 aliphatic carbocycles. The van der Waals surface area contributed by atoms with E-state index in [0.29, 0.717) is 12.4 Å². The Bertz CT molecular complexity index is 768. The number of hydroxylamine groups is 1. The van der Waals surface area contributed by atoms with Crippen LogP contribution in [0, 0.1) is 0 Å². The number of hydrogen-bond donors (Lipinski definition) is 2. The number of carbonyl (C=O) groups excluding carboxylic acids is 1. The van der Waals surface area contributed by atoms with Crippen molar-refractivity contribution in [3.05, 3.63) is 65.7 Å². The fourth-order valence-corrected chi connectivity index (χ4v) is 2.27. The molecule has 2 aromatic carbocycles. The number of hydrogen-bond acceptors (Lipinski definition) is 5. The van der Waals surface area contributed by atoms with Crippen molar-refractivity contribution in [2.75, 3.05) is 0 Å². The molecule has 1 unspecified atom stereocenters. The normalized spacial score (nSPS) is 12.1. The second-order valence-electron chi connectivity index (χ2n) is 7.17. The average Bonchev–Trinajstić information content (AvgIpc) is 2.63. The number of carboxylic acid groups (broad SMARTS) is 1. The third-order valence-corrected chi connectivity index (χ3v) is 3.55. The summed E-state index contributed by atoms with van der Waals surface area (Å²) < 4.78 is 10.7. The van der Waals surface area contributed by atoms with Crippen LogP contribution in [-0.2, 0) is 27.4 Å². The van der Waals surface area contributed by atoms with Gasteiger partial charge in [0.1, 0.15) is 18.0 Å². The van der Waals surface area contributed by atoms with Crippen LogP contribution in [0.5, 0.6) is 5.75 Å². The van der Waals surface area contributed by atoms with E-state index in [1.165, 1.54) is 0 Å². The molecule has 0 aliphatic heterocycles. The number of rotatable bonds is 8. The second kappa shape index (κ2) is 9.75. The van der Waals surface area contributed by atoms with Gasteiger partial charge >= 0.3 is 12.1 Å². The lowest BCUT2D eigenvalue weighted by Gasteiger charge is -2.20. The van der Waals surface area contributed by atoms with Gasteiger partial charge in [0.05, 0.1) is 0 Å². The summed E-state index contributed by atoms with van der Waals surface area (Å²) in [7, 11) is 0. The quantitative estimate of drug-likeness (QED) is 0.671. The summed E-state index contributed by atoms with van der Waals surface area (Å²) in [5, 5.41) is 9.30. The van der Waals surface area contributed by atoms with Gasteiger partial charge in [-0.25, -0.2) is 9.59 Å². The first-order valence-electron chi connectivity index (χ1n) is 8.86. The van der Waals surface area contributed by atoms with Crippen molar-refractivity contribution in [1.82, 2.24) is 5.48 Å². The largest absolute Gasteiger partial charge is 0.489 e. The van der Waals surface area contributed by atoms with Crippen LogP contribution in [-0.4, -0.2) is 28.9 Å². The predicted octanol–water partition coefficient (Wildman–Crippen LogP) is 3.72. The van der Waals surface area contributed by atoms with Gasteiger partial charge in [0.2, 0.25) is 0 Å². The number of carboxylic acids is 1. The van der Waals surface area contributed by atoms with Gasteiger partial charge in [-0.05, 0) is 44.0 Å². The summed E-state index contributed by atoms with van der Waals surface area (Å²) in [6, 6.07) is 16.8. The van der Waals surface area contributed by atoms with Crippen molar-refractivity contribution in [3.63, 3.8) is 0 Å². The zero-order valence-corrected chi connectivity index (χ0v) is 16.2. The van der Waals surface area contributed by atoms with Crippen LogP contribution in [0.2, 0.25) is 0 Å². The highest BCUT2D eigenvalue weighted by atomic mass is 16.7. The summed E-state index contributed by atoms with van der Waals surface area (Å²) in [5.74, 6) is -0.521. The van der Waals surface area contributed by atoms with Crippen LogP contribution >= 0.6 is 0 Å². The maximum absolute atomic E-state index is 11.6. The van der Waals surface area contributed by atoms with E-state index in [9.17, 15) is 14.7 Å². The lowest BCUT2D eigenvalue weighted by Crippen LogP contribution is -2.38. The third kappa shape index (κ3) is 7.67. The lowest BCUT2D eigenvalue weighted by atomic mass is 10.1. The molecule has 2 N–H and O–H groups in total. The van der Waals surface area contributed by atoms with Crippen molar-refractivity contribution in [1.29, 1.82) is 0 Å². The number of ether oxygens (including phenoxy) is 2. The Kier molecular flexibility index (Phi) is 7.40. The van der Waals surface area contributed by atoms with E-state index in [0.717, 1.165) is 11.1 Å². The van der Waals surface area contributed by atoms with Gasteiger partial charge in [-0.2, -0.15) is 5.48 Å². The molecular formula is C21H25NO6. The molecule has 0 radical (unpaired) electrons. The van der Waals surface area contributed by atoms with E-state index in [2.05, 4.69) is 0 Å². The SMILES string of the molecule is CC(C)(C)OC(=O)NOC(Cc1ccc(OCc2ccccc2)cc1)C(=O)O. The molecule has 0 fully saturated rings. The molecule has 7 heteroatoms. The summed E-state index contributed by atoms with van der Waals surface area (Å²) in [4.78, 5) is 28.0. The molecule has 2 aromatic rings. The van der Waals surface area contributed by atoms with Gasteiger partial charge in [0, 0.05) is 6.42 Å². The van der Waals surface area contributed by atoms with Gasteiger partial charge in [-0.1, -0.05) is 42.5 Å². The fraction of sp³-hybridized carbons (Fsp3) is 0.333. The van der Waals surface area contributed by atoms with Crippen LogP contribution in [0.3, 0.4) is 0 Å². The Morgan fingerprint density at radius 1 is 1.00 bits per heavy atom. The molecule has 0 aliphatic rings. The van der Waals surface area contributed by atoms with Crippen molar-refractivity contribution in [2.24, 2.45) is 0 Å². The Balaban J connectivity index is 1.87. The molecule has 0 heterocycles. The smallest absolute Gasteiger partial charge is 0.431 e. The number of benzene rings is 2. The minimum absolute atomic E-state index is 0.0735. The first-order valence-corrected chi connectivity index (χ1v) is 8.86. The van der Waals surface area contributed by atoms with E-state index in [4.69, 9.17) is 14.3 Å². The zero-order valence-electron chi connectivity index (χ0n) is 16.2. The number of amides is 1. The van der Waals surface area contributed by atoms with Gasteiger partial charge in [-0.15, -0.1) is 0 Å². The molecule has 0 bridgehead atoms. The van der Waals surface area contributed by atoms with Crippen LogP contribution in [0.15, 0.2) is 54.6 Å². The highest BCUT2D eigenvalue weighted by Crippen LogP contribution is 2.16. The van der Waals surface area contributed by atoms with E-state index in [1.54, 1.807) is 45.0 Å². The van der Waals surface area contributed by atoms with Gasteiger partial charge in [0.15, 0.2) is 6.10 Å². The van der Waals surface area contributed by atoms with Crippen LogP contribution in [0.25, 0.3) is 0 Å². The molecule has 1 atom stereocenters. The van der Waals surface area contributed by atoms with Crippen molar-refractivity contribution in [3.8, 4) is 5.75 Å². The first-order chi connectivity index (χ1) is 13.2. The van der Waals surface area contributed by atoms with Gasteiger partial charge in [0.25, 0.3) is 0 Å². The predicted molar refractivity (Wildman–Crippen MR) is 103 cm³/mol. The molecule has 28 heavy (non-hydrogen) atoms. The van der Waals surface area contributed by atoms with Crippen LogP contribution in [0.4, 0.5) is 4.79 Å². The topological polar surface area (TPSA) is 94.1 Å². The minimum Gasteiger partial charge on any atom is -0.489 e. The molecule has 1 amide bonds. The maximum Gasteiger partial charge on any atom is 0.431 e. The van der Waals surface area contributed by atoms with Crippen LogP contribution in [0.1, 0.15) is 31.9 Å². The summed E-state index contributed by atoms with van der Waals surface area (Å²) >= 11 is 0. The average molecular weight is 387 g/mol. The molecule has 150 valence electrons. The Morgan fingerprint density at radius 3 is 2.21 bits per heavy atom. The van der Waals surface area contributed by atoms with Crippen molar-refractivity contribution in [2.45, 2.75) is 45.5 Å². The highest BCUT2D eigenvalue weighted by Gasteiger charge is 2.22. The van der Waals surface area contributed by atoms with Gasteiger partial charge in [-0.3, -0.25) is 4.84 Å². The minimum atomic E-state index is -1.25. The first kappa shape index (κ1) is 21.2. The van der Waals surface area contributed by atoms with E-state index in [1.807, 2.05) is 35.8 Å². The van der Waals surface area contributed by atoms with Gasteiger partial charge < -0.3 is 14.6 Å². The number of nitrogens with one attached hydrogen (secondary N) is 1. The third-order valence-electron chi connectivity index (χ3n) is 3.55. The van der Waals surface area contributed by atoms with E-state index in [-0.39, 0.29) is 6.42 Å². The Hall–Kier alpha value is -3.06. The molecule has 0 saturated carbocycles. The lowest BCUT2D eigenvalue weighted by molar-refractivity contribution is -0.154. The van der Waals surface area contributed by atoms with Crippen molar-refractivity contribution >= 4 is 12.1 Å². The molecule has 2 rings (SSSR count). The molecular weight excluding hydrogens is 362 g/mol. The molecule has 7 nitrogen and oxygen atoms in total. The summed E-state index contributed by atoms with van der Waals surface area (Å²) in [6.07, 6.45) is -2.02. The van der Waals surface area contributed by atoms with Crippen LogP contribution < -0.4 is 10.2 Å². The monoisotopic (exact) mass is 387 g/mol. The standard InChI is InChI=1S/C21H25NO6/c1-21(2,3)27-20(25)22-28-18(19(23)24)13-15-9-11-17(12-10-15)26-14-16-7-5-4-6-8-16/h4-12,18H,13-14H2,1-3H3,(H,22,25)(H,23,24). The highest BCUT2D eigenvalue weighted by molar-refractivity contribution is 5.73. The van der Waals surface area contributed by atoms with E-state index < -0.39 is 23.8 Å². The summed E-state index contributed by atoms with van der Waals surface area (Å²) in [5.41, 5.74) is 3.10. The molecule has 0 aromatic heterocycles. The second-order valence-corrected chi connectivity index (χ2v) is 7.17. The van der Waals surface area contributed by atoms with Crippen molar-refractivity contribution < 1.29 is 29.0 Å². The Morgan fingerprint density at radius 2 is 1.64 bits per heavy atom. The van der Waals surface area contributed by atoms with E-state index >= 15 is 0 Å². The maximum atomic E-state index is 11.6. The molecule has 0 spiro atoms. The molecule has 0 saturated heterocycles. The number of aliphatic carboxylic acids is 1.